The van der Waals surface area contributed by atoms with Crippen LogP contribution in [0.1, 0.15) is 42.9 Å². The second-order valence-corrected chi connectivity index (χ2v) is 9.09. The van der Waals surface area contributed by atoms with Gasteiger partial charge in [-0.2, -0.15) is 0 Å². The van der Waals surface area contributed by atoms with Crippen molar-refractivity contribution >= 4 is 15.7 Å². The summed E-state index contributed by atoms with van der Waals surface area (Å²) in [5.74, 6) is 0. The molecule has 3 nitrogen and oxygen atoms in total. The number of aryl methyl sites for hydroxylation is 1. The number of sulfonamides is 1. The summed E-state index contributed by atoms with van der Waals surface area (Å²) in [6.45, 7) is 2.18. The lowest BCUT2D eigenvalue weighted by atomic mass is 10.1. The highest BCUT2D eigenvalue weighted by Crippen LogP contribution is 2.37. The van der Waals surface area contributed by atoms with Gasteiger partial charge in [0.25, 0.3) is 10.0 Å². The van der Waals surface area contributed by atoms with Crippen molar-refractivity contribution in [2.45, 2.75) is 43.9 Å². The number of hydrogen-bond donors (Lipinski definition) is 1. The lowest BCUT2D eigenvalue weighted by Gasteiger charge is -2.10. The molecule has 28 heavy (non-hydrogen) atoms. The highest BCUT2D eigenvalue weighted by molar-refractivity contribution is 7.92. The van der Waals surface area contributed by atoms with Crippen LogP contribution in [0.3, 0.4) is 0 Å². The summed E-state index contributed by atoms with van der Waals surface area (Å²) >= 11 is 0. The molecule has 144 valence electrons. The van der Waals surface area contributed by atoms with Gasteiger partial charge < -0.3 is 0 Å². The zero-order valence-electron chi connectivity index (χ0n) is 16.1. The van der Waals surface area contributed by atoms with E-state index >= 15 is 0 Å². The predicted molar refractivity (Wildman–Crippen MR) is 115 cm³/mol. The molecule has 1 aliphatic carbocycles. The number of fused-ring (bicyclic) bond motifs is 3. The summed E-state index contributed by atoms with van der Waals surface area (Å²) in [6.07, 6.45) is 5.35. The molecule has 0 bridgehead atoms. The highest BCUT2D eigenvalue weighted by Gasteiger charge is 2.20. The average molecular weight is 392 g/mol. The van der Waals surface area contributed by atoms with E-state index in [2.05, 4.69) is 23.8 Å². The minimum Gasteiger partial charge on any atom is -0.280 e. The first-order chi connectivity index (χ1) is 13.6. The maximum Gasteiger partial charge on any atom is 0.261 e. The highest BCUT2D eigenvalue weighted by atomic mass is 32.2. The topological polar surface area (TPSA) is 46.2 Å². The SMILES string of the molecule is CCCCCc1ccc(S(=O)(=O)Nc2ccc3c(c2)Cc2ccccc2-3)cc1. The third kappa shape index (κ3) is 3.83. The van der Waals surface area contributed by atoms with Gasteiger partial charge in [0.15, 0.2) is 0 Å². The Hall–Kier alpha value is -2.59. The van der Waals surface area contributed by atoms with Crippen LogP contribution in [0.4, 0.5) is 5.69 Å². The number of hydrogen-bond acceptors (Lipinski definition) is 2. The van der Waals surface area contributed by atoms with E-state index in [9.17, 15) is 8.42 Å². The number of rotatable bonds is 7. The van der Waals surface area contributed by atoms with E-state index in [4.69, 9.17) is 0 Å². The van der Waals surface area contributed by atoms with E-state index in [0.717, 1.165) is 24.8 Å². The number of unbranched alkanes of at least 4 members (excludes halogenated alkanes) is 2. The minimum absolute atomic E-state index is 0.301. The van der Waals surface area contributed by atoms with Crippen LogP contribution in [-0.4, -0.2) is 8.42 Å². The Kier molecular flexibility index (Phi) is 5.23. The first-order valence-corrected chi connectivity index (χ1v) is 11.4. The van der Waals surface area contributed by atoms with E-state index in [1.54, 1.807) is 12.1 Å². The van der Waals surface area contributed by atoms with Crippen molar-refractivity contribution < 1.29 is 8.42 Å². The first-order valence-electron chi connectivity index (χ1n) is 9.90. The Balaban J connectivity index is 1.50. The van der Waals surface area contributed by atoms with Crippen LogP contribution in [0, 0.1) is 0 Å². The second-order valence-electron chi connectivity index (χ2n) is 7.41. The molecule has 0 amide bonds. The quantitative estimate of drug-likeness (QED) is 0.405. The van der Waals surface area contributed by atoms with E-state index < -0.39 is 10.0 Å². The first kappa shape index (κ1) is 18.8. The summed E-state index contributed by atoms with van der Waals surface area (Å²) in [7, 11) is -3.59. The van der Waals surface area contributed by atoms with Crippen molar-refractivity contribution in [2.24, 2.45) is 0 Å². The molecule has 0 aliphatic heterocycles. The van der Waals surface area contributed by atoms with Gasteiger partial charge >= 0.3 is 0 Å². The molecule has 0 unspecified atom stereocenters. The van der Waals surface area contributed by atoms with Gasteiger partial charge in [0.2, 0.25) is 0 Å². The third-order valence-electron chi connectivity index (χ3n) is 5.35. The molecule has 4 rings (SSSR count). The monoisotopic (exact) mass is 391 g/mol. The van der Waals surface area contributed by atoms with Crippen LogP contribution in [0.5, 0.6) is 0 Å². The molecule has 0 spiro atoms. The molecule has 1 aliphatic rings. The predicted octanol–water partition coefficient (Wildman–Crippen LogP) is 5.79. The molecule has 4 heteroatoms. The second kappa shape index (κ2) is 7.80. The van der Waals surface area contributed by atoms with Crippen LogP contribution >= 0.6 is 0 Å². The van der Waals surface area contributed by atoms with E-state index in [1.165, 1.54) is 35.1 Å². The van der Waals surface area contributed by atoms with Gasteiger partial charge in [-0.3, -0.25) is 4.72 Å². The van der Waals surface area contributed by atoms with Crippen molar-refractivity contribution in [1.82, 2.24) is 0 Å². The fourth-order valence-corrected chi connectivity index (χ4v) is 4.89. The molecule has 0 atom stereocenters. The summed E-state index contributed by atoms with van der Waals surface area (Å²) < 4.78 is 28.3. The van der Waals surface area contributed by atoms with Gasteiger partial charge in [-0.05, 0) is 71.3 Å². The van der Waals surface area contributed by atoms with Crippen molar-refractivity contribution in [1.29, 1.82) is 0 Å². The average Bonchev–Trinajstić information content (AvgIpc) is 3.06. The van der Waals surface area contributed by atoms with Gasteiger partial charge in [-0.15, -0.1) is 0 Å². The van der Waals surface area contributed by atoms with Crippen LogP contribution in [-0.2, 0) is 22.9 Å². The lowest BCUT2D eigenvalue weighted by molar-refractivity contribution is 0.601. The molecule has 0 heterocycles. The van der Waals surface area contributed by atoms with Crippen LogP contribution in [0.15, 0.2) is 71.6 Å². The van der Waals surface area contributed by atoms with E-state index in [1.807, 2.05) is 42.5 Å². The molecule has 0 aromatic heterocycles. The Morgan fingerprint density at radius 1 is 0.857 bits per heavy atom. The molecule has 3 aromatic rings. The lowest BCUT2D eigenvalue weighted by Crippen LogP contribution is -2.13. The summed E-state index contributed by atoms with van der Waals surface area (Å²) in [6, 6.07) is 21.4. The largest absolute Gasteiger partial charge is 0.280 e. The summed E-state index contributed by atoms with van der Waals surface area (Å²) in [5.41, 5.74) is 6.67. The van der Waals surface area contributed by atoms with Crippen LogP contribution < -0.4 is 4.72 Å². The van der Waals surface area contributed by atoms with Crippen molar-refractivity contribution in [3.63, 3.8) is 0 Å². The number of benzene rings is 3. The summed E-state index contributed by atoms with van der Waals surface area (Å²) in [5, 5.41) is 0. The van der Waals surface area contributed by atoms with Crippen LogP contribution in [0.2, 0.25) is 0 Å². The smallest absolute Gasteiger partial charge is 0.261 e. The Labute approximate surface area is 167 Å². The van der Waals surface area contributed by atoms with Crippen molar-refractivity contribution in [3.8, 4) is 11.1 Å². The Morgan fingerprint density at radius 3 is 2.39 bits per heavy atom. The van der Waals surface area contributed by atoms with Crippen molar-refractivity contribution in [2.75, 3.05) is 4.72 Å². The van der Waals surface area contributed by atoms with E-state index in [0.29, 0.717) is 10.6 Å². The number of anilines is 1. The normalized spacial score (nSPS) is 12.5. The molecule has 3 aromatic carbocycles. The molecule has 0 fully saturated rings. The Bertz CT molecular complexity index is 1090. The van der Waals surface area contributed by atoms with E-state index in [-0.39, 0.29) is 0 Å². The van der Waals surface area contributed by atoms with Gasteiger partial charge in [-0.1, -0.05) is 62.2 Å². The summed E-state index contributed by atoms with van der Waals surface area (Å²) in [4.78, 5) is 0.301. The van der Waals surface area contributed by atoms with Gasteiger partial charge in [0, 0.05) is 5.69 Å². The van der Waals surface area contributed by atoms with Gasteiger partial charge in [-0.25, -0.2) is 8.42 Å². The zero-order valence-corrected chi connectivity index (χ0v) is 16.9. The Morgan fingerprint density at radius 2 is 1.61 bits per heavy atom. The standard InChI is InChI=1S/C24H25NO2S/c1-2-3-4-7-18-10-13-22(14-11-18)28(26,27)25-21-12-15-24-20(17-21)16-19-8-5-6-9-23(19)24/h5-6,8-15,17,25H,2-4,7,16H2,1H3. The maximum absolute atomic E-state index is 12.8. The van der Waals surface area contributed by atoms with Crippen LogP contribution in [0.25, 0.3) is 11.1 Å². The fourth-order valence-electron chi connectivity index (χ4n) is 3.84. The molecule has 1 N–H and O–H groups in total. The fraction of sp³-hybridized carbons (Fsp3) is 0.250. The third-order valence-corrected chi connectivity index (χ3v) is 6.75. The molecular weight excluding hydrogens is 366 g/mol. The molecular formula is C24H25NO2S. The van der Waals surface area contributed by atoms with Crippen molar-refractivity contribution in [3.05, 3.63) is 83.4 Å². The minimum atomic E-state index is -3.59. The molecule has 0 radical (unpaired) electrons. The maximum atomic E-state index is 12.8. The number of nitrogens with one attached hydrogen (secondary N) is 1. The van der Waals surface area contributed by atoms with Gasteiger partial charge in [0.05, 0.1) is 4.90 Å². The molecule has 0 saturated heterocycles. The molecule has 0 saturated carbocycles. The van der Waals surface area contributed by atoms with Gasteiger partial charge in [0.1, 0.15) is 0 Å². The zero-order chi connectivity index (χ0) is 19.6.